The van der Waals surface area contributed by atoms with Crippen molar-refractivity contribution >= 4 is 73.7 Å². The number of hydrogen-bond donors (Lipinski definition) is 1. The Morgan fingerprint density at radius 3 is 2.55 bits per heavy atom. The van der Waals surface area contributed by atoms with Gasteiger partial charge in [-0.2, -0.15) is 5.01 Å². The first-order chi connectivity index (χ1) is 15.9. The molecule has 1 aliphatic heterocycles. The normalized spacial score (nSPS) is 14.6. The van der Waals surface area contributed by atoms with Crippen LogP contribution in [0, 0.1) is 0 Å². The van der Waals surface area contributed by atoms with Gasteiger partial charge in [-0.25, -0.2) is 0 Å². The first kappa shape index (κ1) is 23.5. The summed E-state index contributed by atoms with van der Waals surface area (Å²) in [6.07, 6.45) is 1.73. The average Bonchev–Trinajstić information content (AvgIpc) is 3.07. The lowest BCUT2D eigenvalue weighted by Crippen LogP contribution is -2.44. The molecule has 0 spiro atoms. The Balaban J connectivity index is 1.39. The maximum absolute atomic E-state index is 12.8. The number of ether oxygens (including phenoxy) is 1. The van der Waals surface area contributed by atoms with Gasteiger partial charge >= 0.3 is 0 Å². The Hall–Kier alpha value is -2.65. The quantitative estimate of drug-likeness (QED) is 0.287. The number of thiocarbonyl (C=S) groups is 1. The van der Waals surface area contributed by atoms with Crippen molar-refractivity contribution in [2.45, 2.75) is 6.61 Å². The second-order valence-corrected chi connectivity index (χ2v) is 9.98. The summed E-state index contributed by atoms with van der Waals surface area (Å²) in [5.74, 6) is -0.144. The first-order valence-corrected chi connectivity index (χ1v) is 12.1. The van der Waals surface area contributed by atoms with E-state index in [-0.39, 0.29) is 4.32 Å². The van der Waals surface area contributed by atoms with E-state index < -0.39 is 11.8 Å². The van der Waals surface area contributed by atoms with Crippen LogP contribution in [0.3, 0.4) is 0 Å². The summed E-state index contributed by atoms with van der Waals surface area (Å²) >= 11 is 15.7. The summed E-state index contributed by atoms with van der Waals surface area (Å²) in [6.45, 7) is 0.456. The molecule has 0 radical (unpaired) electrons. The van der Waals surface area contributed by atoms with Crippen LogP contribution in [0.4, 0.5) is 0 Å². The third-order valence-corrected chi connectivity index (χ3v) is 6.66. The zero-order valence-electron chi connectivity index (χ0n) is 17.0. The molecule has 1 heterocycles. The zero-order chi connectivity index (χ0) is 23.4. The van der Waals surface area contributed by atoms with E-state index in [1.54, 1.807) is 24.3 Å². The van der Waals surface area contributed by atoms with Crippen molar-refractivity contribution < 1.29 is 14.3 Å². The number of carbonyl (C=O) groups excluding carboxylic acids is 2. The fourth-order valence-electron chi connectivity index (χ4n) is 2.92. The number of hydrogen-bond acceptors (Lipinski definition) is 5. The Morgan fingerprint density at radius 2 is 1.85 bits per heavy atom. The number of nitrogens with zero attached hydrogens (tertiary/aromatic N) is 1. The third-order valence-electron chi connectivity index (χ3n) is 4.59. The molecule has 4 rings (SSSR count). The Kier molecular flexibility index (Phi) is 7.49. The van der Waals surface area contributed by atoms with Gasteiger partial charge in [0.25, 0.3) is 11.8 Å². The van der Waals surface area contributed by atoms with Crippen LogP contribution in [-0.2, 0) is 11.4 Å². The van der Waals surface area contributed by atoms with Gasteiger partial charge in [-0.15, -0.1) is 0 Å². The van der Waals surface area contributed by atoms with E-state index in [1.807, 2.05) is 48.5 Å². The number of hydrazine groups is 1. The predicted octanol–water partition coefficient (Wildman–Crippen LogP) is 6.23. The lowest BCUT2D eigenvalue weighted by atomic mass is 10.2. The van der Waals surface area contributed by atoms with E-state index in [9.17, 15) is 9.59 Å². The van der Waals surface area contributed by atoms with Gasteiger partial charge in [0, 0.05) is 15.1 Å². The number of rotatable bonds is 6. The van der Waals surface area contributed by atoms with E-state index in [0.717, 1.165) is 38.1 Å². The largest absolute Gasteiger partial charge is 0.489 e. The molecule has 166 valence electrons. The molecule has 1 aliphatic rings. The van der Waals surface area contributed by atoms with Gasteiger partial charge in [-0.05, 0) is 71.9 Å². The molecule has 2 amide bonds. The van der Waals surface area contributed by atoms with Gasteiger partial charge in [0.2, 0.25) is 0 Å². The van der Waals surface area contributed by atoms with E-state index in [4.69, 9.17) is 28.6 Å². The van der Waals surface area contributed by atoms with Gasteiger partial charge in [0.1, 0.15) is 12.4 Å². The smallest absolute Gasteiger partial charge is 0.285 e. The molecule has 0 unspecified atom stereocenters. The standard InChI is InChI=1S/C24H16BrClN2O3S2/c25-18-8-4-16(5-9-18)14-31-20-10-6-15(7-11-20)12-21-23(30)28(24(32)33-21)27-22(29)17-2-1-3-19(26)13-17/h1-13H,14H2,(H,27,29)/b21-12+. The van der Waals surface area contributed by atoms with Crippen LogP contribution in [0.5, 0.6) is 5.75 Å². The van der Waals surface area contributed by atoms with Crippen LogP contribution >= 0.6 is 51.5 Å². The minimum absolute atomic E-state index is 0.246. The molecule has 33 heavy (non-hydrogen) atoms. The van der Waals surface area contributed by atoms with Crippen LogP contribution in [0.25, 0.3) is 6.08 Å². The monoisotopic (exact) mass is 558 g/mol. The molecule has 1 fully saturated rings. The molecule has 0 bridgehead atoms. The van der Waals surface area contributed by atoms with Crippen LogP contribution in [-0.4, -0.2) is 21.1 Å². The van der Waals surface area contributed by atoms with Crippen LogP contribution < -0.4 is 10.2 Å². The minimum atomic E-state index is -0.470. The summed E-state index contributed by atoms with van der Waals surface area (Å²) in [7, 11) is 0. The summed E-state index contributed by atoms with van der Waals surface area (Å²) in [5, 5.41) is 1.50. The summed E-state index contributed by atoms with van der Waals surface area (Å²) in [6, 6.07) is 21.8. The highest BCUT2D eigenvalue weighted by molar-refractivity contribution is 9.10. The van der Waals surface area contributed by atoms with Crippen LogP contribution in [0.15, 0.2) is 82.2 Å². The van der Waals surface area contributed by atoms with E-state index in [2.05, 4.69) is 21.4 Å². The second-order valence-electron chi connectivity index (χ2n) is 6.95. The maximum Gasteiger partial charge on any atom is 0.285 e. The fraction of sp³-hybridized carbons (Fsp3) is 0.0417. The van der Waals surface area contributed by atoms with Gasteiger partial charge in [0.05, 0.1) is 4.91 Å². The number of thioether (sulfide) groups is 1. The summed E-state index contributed by atoms with van der Waals surface area (Å²) in [4.78, 5) is 25.7. The number of amides is 2. The van der Waals surface area contributed by atoms with Crippen molar-refractivity contribution in [1.82, 2.24) is 10.4 Å². The van der Waals surface area contributed by atoms with Gasteiger partial charge < -0.3 is 4.74 Å². The average molecular weight is 560 g/mol. The van der Waals surface area contributed by atoms with E-state index in [0.29, 0.717) is 22.1 Å². The molecule has 1 saturated heterocycles. The van der Waals surface area contributed by atoms with Crippen molar-refractivity contribution in [2.75, 3.05) is 0 Å². The fourth-order valence-corrected chi connectivity index (χ4v) is 4.55. The third kappa shape index (κ3) is 6.03. The second kappa shape index (κ2) is 10.5. The van der Waals surface area contributed by atoms with Gasteiger partial charge in [-0.3, -0.25) is 15.0 Å². The number of halogens is 2. The zero-order valence-corrected chi connectivity index (χ0v) is 20.9. The number of benzene rings is 3. The molecule has 0 aromatic heterocycles. The van der Waals surface area contributed by atoms with Crippen molar-refractivity contribution in [1.29, 1.82) is 0 Å². The maximum atomic E-state index is 12.8. The highest BCUT2D eigenvalue weighted by Gasteiger charge is 2.33. The Labute approximate surface area is 213 Å². The van der Waals surface area contributed by atoms with Crippen LogP contribution in [0.2, 0.25) is 5.02 Å². The molecular weight excluding hydrogens is 544 g/mol. The molecule has 3 aromatic rings. The summed E-state index contributed by atoms with van der Waals surface area (Å²) in [5.41, 5.74) is 4.75. The first-order valence-electron chi connectivity index (χ1n) is 9.71. The van der Waals surface area contributed by atoms with Crippen LogP contribution in [0.1, 0.15) is 21.5 Å². The topological polar surface area (TPSA) is 58.6 Å². The molecule has 5 nitrogen and oxygen atoms in total. The predicted molar refractivity (Wildman–Crippen MR) is 139 cm³/mol. The van der Waals surface area contributed by atoms with Crippen molar-refractivity contribution in [3.63, 3.8) is 0 Å². The highest BCUT2D eigenvalue weighted by atomic mass is 79.9. The molecule has 0 aliphatic carbocycles. The van der Waals surface area contributed by atoms with Crippen molar-refractivity contribution in [2.24, 2.45) is 0 Å². The van der Waals surface area contributed by atoms with Crippen molar-refractivity contribution in [3.05, 3.63) is 104 Å². The lowest BCUT2D eigenvalue weighted by molar-refractivity contribution is -0.123. The SMILES string of the molecule is O=C(NN1C(=O)/C(=C\c2ccc(OCc3ccc(Br)cc3)cc2)SC1=S)c1cccc(Cl)c1. The Bertz CT molecular complexity index is 1250. The van der Waals surface area contributed by atoms with E-state index >= 15 is 0 Å². The van der Waals surface area contributed by atoms with E-state index in [1.165, 1.54) is 6.07 Å². The van der Waals surface area contributed by atoms with Crippen molar-refractivity contribution in [3.8, 4) is 5.75 Å². The highest BCUT2D eigenvalue weighted by Crippen LogP contribution is 2.32. The molecule has 9 heteroatoms. The summed E-state index contributed by atoms with van der Waals surface area (Å²) < 4.78 is 7.08. The molecule has 0 saturated carbocycles. The molecular formula is C24H16BrClN2O3S2. The van der Waals surface area contributed by atoms with Gasteiger partial charge in [0.15, 0.2) is 4.32 Å². The van der Waals surface area contributed by atoms with Gasteiger partial charge in [-0.1, -0.05) is 69.6 Å². The molecule has 0 atom stereocenters. The minimum Gasteiger partial charge on any atom is -0.489 e. The number of carbonyl (C=O) groups is 2. The molecule has 1 N–H and O–H groups in total. The lowest BCUT2D eigenvalue weighted by Gasteiger charge is -2.15. The molecule has 3 aromatic carbocycles. The number of nitrogens with one attached hydrogen (secondary N) is 1. The Morgan fingerprint density at radius 1 is 1.12 bits per heavy atom.